The molecule has 1 saturated heterocycles. The molecule has 2 aromatic rings. The summed E-state index contributed by atoms with van der Waals surface area (Å²) in [5.41, 5.74) is 2.71. The average molecular weight is 537 g/mol. The van der Waals surface area contributed by atoms with Crippen molar-refractivity contribution in [2.75, 3.05) is 18.0 Å². The molecule has 0 aliphatic carbocycles. The quantitative estimate of drug-likeness (QED) is 0.135. The number of unbranched alkanes of at least 4 members (excludes halogenated alkanes) is 14. The Morgan fingerprint density at radius 2 is 1.18 bits per heavy atom. The molecule has 218 valence electrons. The van der Waals surface area contributed by atoms with E-state index in [1.807, 2.05) is 0 Å². The number of rotatable bonds is 19. The maximum absolute atomic E-state index is 10.2. The molecule has 39 heavy (non-hydrogen) atoms. The van der Waals surface area contributed by atoms with Crippen molar-refractivity contribution in [2.24, 2.45) is 0 Å². The zero-order chi connectivity index (χ0) is 27.8. The molecular weight excluding hydrogens is 480 g/mol. The highest BCUT2D eigenvalue weighted by Crippen LogP contribution is 2.18. The van der Waals surface area contributed by atoms with Crippen LogP contribution in [0.5, 0.6) is 0 Å². The van der Waals surface area contributed by atoms with Gasteiger partial charge in [-0.1, -0.05) is 127 Å². The molecule has 0 unspecified atom stereocenters. The lowest BCUT2D eigenvalue weighted by molar-refractivity contribution is -0.688. The van der Waals surface area contributed by atoms with Crippen LogP contribution in [0, 0.1) is 0 Å². The van der Waals surface area contributed by atoms with Crippen LogP contribution in [0.2, 0.25) is 0 Å². The molecule has 1 aromatic carbocycles. The van der Waals surface area contributed by atoms with Crippen LogP contribution >= 0.6 is 0 Å². The van der Waals surface area contributed by atoms with E-state index in [1.165, 1.54) is 127 Å². The fourth-order valence-corrected chi connectivity index (χ4v) is 5.35. The Bertz CT molecular complexity index is 831. The van der Waals surface area contributed by atoms with Crippen molar-refractivity contribution in [1.82, 2.24) is 0 Å². The second-order valence-electron chi connectivity index (χ2n) is 11.3. The molecule has 4 nitrogen and oxygen atoms in total. The van der Waals surface area contributed by atoms with Gasteiger partial charge in [-0.05, 0) is 32.1 Å². The van der Waals surface area contributed by atoms with Gasteiger partial charge in [0.2, 0.25) is 0 Å². The van der Waals surface area contributed by atoms with E-state index in [0.29, 0.717) is 0 Å². The minimum Gasteiger partial charge on any atom is -0.550 e. The van der Waals surface area contributed by atoms with Gasteiger partial charge in [0.1, 0.15) is 0 Å². The van der Waals surface area contributed by atoms with Crippen LogP contribution in [-0.2, 0) is 11.3 Å². The van der Waals surface area contributed by atoms with Gasteiger partial charge >= 0.3 is 0 Å². The lowest BCUT2D eigenvalue weighted by atomic mass is 10.0. The summed E-state index contributed by atoms with van der Waals surface area (Å²) in [6.45, 7) is 5.63. The van der Waals surface area contributed by atoms with E-state index >= 15 is 0 Å². The summed E-state index contributed by atoms with van der Waals surface area (Å²) >= 11 is 0. The van der Waals surface area contributed by atoms with Gasteiger partial charge in [-0.2, -0.15) is 0 Å². The second-order valence-corrected chi connectivity index (χ2v) is 11.3. The van der Waals surface area contributed by atoms with Gasteiger partial charge in [-0.15, -0.1) is 0 Å². The predicted octanol–water partition coefficient (Wildman–Crippen LogP) is 8.01. The molecule has 1 fully saturated rings. The van der Waals surface area contributed by atoms with Crippen molar-refractivity contribution in [1.29, 1.82) is 0 Å². The van der Waals surface area contributed by atoms with Crippen LogP contribution in [0.1, 0.15) is 134 Å². The van der Waals surface area contributed by atoms with E-state index in [9.17, 15) is 9.90 Å². The molecule has 0 N–H and O–H groups in total. The number of carboxylic acids is 1. The Morgan fingerprint density at radius 3 is 1.67 bits per heavy atom. The van der Waals surface area contributed by atoms with Crippen molar-refractivity contribution in [3.63, 3.8) is 0 Å². The Labute approximate surface area is 239 Å². The number of hydrogen-bond donors (Lipinski definition) is 0. The first-order chi connectivity index (χ1) is 19.2. The largest absolute Gasteiger partial charge is 0.550 e. The zero-order valence-electron chi connectivity index (χ0n) is 25.0. The number of carbonyl (C=O) groups is 1. The number of carboxylic acid groups (broad SMARTS) is 1. The maximum atomic E-state index is 10.2. The van der Waals surface area contributed by atoms with Crippen LogP contribution in [-0.4, -0.2) is 19.1 Å². The van der Waals surface area contributed by atoms with Gasteiger partial charge in [0.15, 0.2) is 18.9 Å². The topological polar surface area (TPSA) is 47.2 Å². The molecule has 3 rings (SSSR count). The summed E-state index contributed by atoms with van der Waals surface area (Å²) < 4.78 is 2.24. The Morgan fingerprint density at radius 1 is 0.692 bits per heavy atom. The van der Waals surface area contributed by atoms with Crippen molar-refractivity contribution >= 4 is 11.7 Å². The molecule has 2 heterocycles. The molecule has 1 aliphatic rings. The minimum absolute atomic E-state index is 0.234. The van der Waals surface area contributed by atoms with Crippen LogP contribution < -0.4 is 14.6 Å². The first-order valence-electron chi connectivity index (χ1n) is 16.2. The van der Waals surface area contributed by atoms with E-state index in [4.69, 9.17) is 0 Å². The number of benzene rings is 1. The molecular formula is C35H56N2O2. The number of nitrogens with zero attached hydrogens (tertiary/aromatic N) is 2. The van der Waals surface area contributed by atoms with E-state index < -0.39 is 5.97 Å². The molecule has 0 amide bonds. The first-order valence-corrected chi connectivity index (χ1v) is 16.2. The van der Waals surface area contributed by atoms with Gasteiger partial charge in [0, 0.05) is 42.4 Å². The highest BCUT2D eigenvalue weighted by atomic mass is 16.4. The Hall–Kier alpha value is -2.36. The highest BCUT2D eigenvalue weighted by Gasteiger charge is 2.12. The van der Waals surface area contributed by atoms with E-state index in [2.05, 4.69) is 71.2 Å². The van der Waals surface area contributed by atoms with Crippen molar-refractivity contribution in [3.05, 3.63) is 60.4 Å². The summed E-state index contributed by atoms with van der Waals surface area (Å²) in [5.74, 6) is -0.903. The normalized spacial score (nSPS) is 13.1. The molecule has 4 heteroatoms. The second kappa shape index (κ2) is 22.5. The van der Waals surface area contributed by atoms with E-state index in [-0.39, 0.29) is 6.42 Å². The molecule has 0 saturated carbocycles. The third-order valence-corrected chi connectivity index (χ3v) is 7.79. The van der Waals surface area contributed by atoms with Crippen molar-refractivity contribution in [2.45, 2.75) is 135 Å². The molecule has 0 spiro atoms. The van der Waals surface area contributed by atoms with Gasteiger partial charge in [0.25, 0.3) is 0 Å². The van der Waals surface area contributed by atoms with E-state index in [1.54, 1.807) is 0 Å². The number of aromatic nitrogens is 1. The van der Waals surface area contributed by atoms with Crippen LogP contribution in [0.4, 0.5) is 5.69 Å². The summed E-state index contributed by atoms with van der Waals surface area (Å²) in [4.78, 5) is 12.7. The molecule has 0 bridgehead atoms. The Kier molecular flexibility index (Phi) is 18.9. The fourth-order valence-electron chi connectivity index (χ4n) is 5.35. The maximum Gasteiger partial charge on any atom is 0.173 e. The lowest BCUT2D eigenvalue weighted by Crippen LogP contribution is -2.35. The van der Waals surface area contributed by atoms with E-state index in [0.717, 1.165) is 19.4 Å². The number of piperidine rings is 1. The average Bonchev–Trinajstić information content (AvgIpc) is 2.97. The molecule has 1 aliphatic heterocycles. The van der Waals surface area contributed by atoms with Crippen molar-refractivity contribution < 1.29 is 14.5 Å². The smallest absolute Gasteiger partial charge is 0.173 e. The number of hydrogen-bond acceptors (Lipinski definition) is 3. The molecule has 0 radical (unpaired) electrons. The number of carbonyl (C=O) groups excluding carboxylic acids is 1. The third-order valence-electron chi connectivity index (χ3n) is 7.79. The standard InChI is InChI=1S/C18H36O2.C17H21N2/c1-2-3-4-5-6-7-8-9-10-11-12-13-14-15-16-17-18(19)20;1-3-7-16(8-4-1)15-18-13-9-17(10-14-18)19-11-5-2-6-12-19/h2-17H2,1H3,(H,19,20);1,3-4,7-10,13-14H,2,5-6,11-12,15H2/q;+1/p-1. The minimum atomic E-state index is -0.903. The predicted molar refractivity (Wildman–Crippen MR) is 163 cm³/mol. The van der Waals surface area contributed by atoms with Gasteiger partial charge in [0.05, 0.1) is 0 Å². The summed E-state index contributed by atoms with van der Waals surface area (Å²) in [6, 6.07) is 15.1. The molecule has 1 aromatic heterocycles. The van der Waals surface area contributed by atoms with Gasteiger partial charge in [-0.25, -0.2) is 4.57 Å². The van der Waals surface area contributed by atoms with Crippen LogP contribution in [0.25, 0.3) is 0 Å². The van der Waals surface area contributed by atoms with Gasteiger partial charge < -0.3 is 14.8 Å². The number of anilines is 1. The van der Waals surface area contributed by atoms with Gasteiger partial charge in [-0.3, -0.25) is 0 Å². The molecule has 0 atom stereocenters. The first kappa shape index (κ1) is 32.8. The number of aliphatic carboxylic acids is 1. The lowest BCUT2D eigenvalue weighted by Gasteiger charge is -2.28. The zero-order valence-corrected chi connectivity index (χ0v) is 25.0. The summed E-state index contributed by atoms with van der Waals surface area (Å²) in [7, 11) is 0. The fraction of sp³-hybridized carbons (Fsp3) is 0.657. The van der Waals surface area contributed by atoms with Crippen LogP contribution in [0.15, 0.2) is 54.9 Å². The SMILES string of the molecule is CCCCCCCCCCCCCCCCCC(=O)[O-].c1ccc(C[n+]2ccc(N3CCCCC3)cc2)cc1. The van der Waals surface area contributed by atoms with Crippen LogP contribution in [0.3, 0.4) is 0 Å². The number of pyridine rings is 1. The van der Waals surface area contributed by atoms with Crippen molar-refractivity contribution in [3.8, 4) is 0 Å². The summed E-state index contributed by atoms with van der Waals surface area (Å²) in [5, 5.41) is 10.2. The highest BCUT2D eigenvalue weighted by molar-refractivity contribution is 5.64. The Balaban J connectivity index is 0.000000273. The summed E-state index contributed by atoms with van der Waals surface area (Å²) in [6.07, 6.45) is 28.3. The third kappa shape index (κ3) is 17.0. The monoisotopic (exact) mass is 536 g/mol.